The van der Waals surface area contributed by atoms with Crippen LogP contribution in [0.2, 0.25) is 5.02 Å². The van der Waals surface area contributed by atoms with E-state index < -0.39 is 81.2 Å². The Morgan fingerprint density at radius 2 is 1.66 bits per heavy atom. The van der Waals surface area contributed by atoms with Crippen LogP contribution < -0.4 is 4.90 Å². The predicted molar refractivity (Wildman–Crippen MR) is 120 cm³/mol. The molecular weight excluding hydrogens is 555 g/mol. The van der Waals surface area contributed by atoms with Gasteiger partial charge in [0.2, 0.25) is 0 Å². The lowest BCUT2D eigenvalue weighted by atomic mass is 9.89. The number of aromatic nitrogens is 1. The standard InChI is InChI=1S/C24H12ClF9N2O2/c1-36-8-38-21(24(32,33)34)11-4-3-10-16(19(11)36)13(20(37)23(29,30)31)7-14-17(22(26,27)28)12-6-9(25)2-5-15(12)35-18(10)14/h2-7,21H,8H2,1H3. The van der Waals surface area contributed by atoms with Crippen LogP contribution in [0.4, 0.5) is 45.2 Å². The fourth-order valence-electron chi connectivity index (χ4n) is 4.76. The fourth-order valence-corrected chi connectivity index (χ4v) is 4.93. The zero-order valence-electron chi connectivity index (χ0n) is 18.7. The number of halogens is 10. The van der Waals surface area contributed by atoms with E-state index in [2.05, 4.69) is 4.98 Å². The molecule has 0 bridgehead atoms. The summed E-state index contributed by atoms with van der Waals surface area (Å²) in [5, 5.41) is -2.46. The number of fused-ring (bicyclic) bond motifs is 6. The summed E-state index contributed by atoms with van der Waals surface area (Å²) < 4.78 is 130. The van der Waals surface area contributed by atoms with E-state index in [0.29, 0.717) is 6.07 Å². The average molecular weight is 567 g/mol. The quantitative estimate of drug-likeness (QED) is 0.101. The summed E-state index contributed by atoms with van der Waals surface area (Å²) in [4.78, 5) is 17.8. The van der Waals surface area contributed by atoms with Gasteiger partial charge in [-0.2, -0.15) is 39.5 Å². The van der Waals surface area contributed by atoms with Crippen molar-refractivity contribution in [2.45, 2.75) is 24.6 Å². The smallest absolute Gasteiger partial charge is 0.351 e. The third-order valence-corrected chi connectivity index (χ3v) is 6.42. The molecule has 4 nitrogen and oxygen atoms in total. The zero-order valence-corrected chi connectivity index (χ0v) is 19.5. The van der Waals surface area contributed by atoms with Gasteiger partial charge in [-0.25, -0.2) is 4.98 Å². The summed E-state index contributed by atoms with van der Waals surface area (Å²) in [6, 6.07) is 5.56. The van der Waals surface area contributed by atoms with Crippen molar-refractivity contribution < 1.29 is 49.0 Å². The normalized spacial score (nSPS) is 16.9. The third kappa shape index (κ3) is 4.08. The Hall–Kier alpha value is -3.32. The van der Waals surface area contributed by atoms with Crippen LogP contribution in [-0.2, 0) is 10.9 Å². The number of Topliss-reactive ketones (excluding diaryl/α,β-unsaturated/α-hetero) is 1. The lowest BCUT2D eigenvalue weighted by Gasteiger charge is -2.35. The summed E-state index contributed by atoms with van der Waals surface area (Å²) in [6.45, 7) is -0.717. The number of benzene rings is 3. The highest BCUT2D eigenvalue weighted by molar-refractivity contribution is 6.31. The zero-order chi connectivity index (χ0) is 27.9. The topological polar surface area (TPSA) is 42.4 Å². The average Bonchev–Trinajstić information content (AvgIpc) is 2.79. The van der Waals surface area contributed by atoms with E-state index in [1.165, 1.54) is 19.2 Å². The molecule has 1 atom stereocenters. The largest absolute Gasteiger partial charge is 0.454 e. The fraction of sp³-hybridized carbons (Fsp3) is 0.250. The molecule has 200 valence electrons. The molecule has 0 spiro atoms. The molecule has 0 fully saturated rings. The Morgan fingerprint density at radius 1 is 0.974 bits per heavy atom. The number of carbonyl (C=O) groups excluding carboxylic acids is 1. The number of hydrogen-bond acceptors (Lipinski definition) is 4. The first-order chi connectivity index (χ1) is 17.5. The van der Waals surface area contributed by atoms with Crippen LogP contribution >= 0.6 is 11.6 Å². The van der Waals surface area contributed by atoms with Gasteiger partial charge in [0.1, 0.15) is 6.73 Å². The first kappa shape index (κ1) is 26.3. The predicted octanol–water partition coefficient (Wildman–Crippen LogP) is 7.99. The minimum Gasteiger partial charge on any atom is -0.351 e. The summed E-state index contributed by atoms with van der Waals surface area (Å²) in [5.74, 6) is -2.53. The molecule has 0 aliphatic carbocycles. The van der Waals surface area contributed by atoms with Crippen LogP contribution in [0.15, 0.2) is 36.4 Å². The monoisotopic (exact) mass is 566 g/mol. The van der Waals surface area contributed by atoms with Gasteiger partial charge in [0.25, 0.3) is 5.78 Å². The molecule has 0 amide bonds. The van der Waals surface area contributed by atoms with E-state index in [0.717, 1.165) is 23.1 Å². The SMILES string of the molecule is CN1COC(C(F)(F)F)c2ccc3c(c(C(=O)C(F)(F)F)cc4c(C(F)(F)F)c5cc(Cl)ccc5nc43)c21. The van der Waals surface area contributed by atoms with Crippen molar-refractivity contribution in [2.75, 3.05) is 18.7 Å². The molecule has 4 aromatic rings. The number of alkyl halides is 9. The Balaban J connectivity index is 2.05. The Morgan fingerprint density at radius 3 is 2.26 bits per heavy atom. The van der Waals surface area contributed by atoms with E-state index >= 15 is 0 Å². The van der Waals surface area contributed by atoms with Crippen LogP contribution in [0.5, 0.6) is 0 Å². The minimum atomic E-state index is -5.55. The van der Waals surface area contributed by atoms with E-state index in [-0.39, 0.29) is 15.9 Å². The molecular formula is C24H12ClF9N2O2. The maximum absolute atomic E-state index is 14.3. The lowest BCUT2D eigenvalue weighted by molar-refractivity contribution is -0.225. The Kier molecular flexibility index (Phi) is 5.77. The van der Waals surface area contributed by atoms with Crippen LogP contribution in [-0.4, -0.2) is 36.9 Å². The van der Waals surface area contributed by atoms with E-state index in [9.17, 15) is 44.3 Å². The maximum Gasteiger partial charge on any atom is 0.454 e. The number of pyridine rings is 1. The van der Waals surface area contributed by atoms with Gasteiger partial charge in [-0.3, -0.25) is 4.79 Å². The van der Waals surface area contributed by atoms with Gasteiger partial charge >= 0.3 is 18.5 Å². The van der Waals surface area contributed by atoms with Gasteiger partial charge in [0, 0.05) is 44.7 Å². The summed E-state index contributed by atoms with van der Waals surface area (Å²) in [7, 11) is 1.22. The molecule has 1 unspecified atom stereocenters. The molecule has 2 heterocycles. The Labute approximate surface area is 211 Å². The molecule has 1 aliphatic heterocycles. The van der Waals surface area contributed by atoms with Crippen molar-refractivity contribution in [3.05, 3.63) is 58.1 Å². The molecule has 3 aromatic carbocycles. The van der Waals surface area contributed by atoms with Crippen molar-refractivity contribution >= 4 is 55.6 Å². The van der Waals surface area contributed by atoms with E-state index in [1.807, 2.05) is 0 Å². The Bertz CT molecular complexity index is 1650. The van der Waals surface area contributed by atoms with Crippen molar-refractivity contribution in [1.29, 1.82) is 0 Å². The molecule has 38 heavy (non-hydrogen) atoms. The number of anilines is 1. The van der Waals surface area contributed by atoms with Gasteiger partial charge in [0.05, 0.1) is 22.3 Å². The summed E-state index contributed by atoms with van der Waals surface area (Å²) in [5.41, 5.74) is -4.34. The molecule has 5 rings (SSSR count). The second-order valence-corrected chi connectivity index (χ2v) is 9.07. The van der Waals surface area contributed by atoms with E-state index in [1.54, 1.807) is 0 Å². The molecule has 0 saturated carbocycles. The van der Waals surface area contributed by atoms with Crippen LogP contribution in [0.25, 0.3) is 32.6 Å². The number of rotatable bonds is 1. The maximum atomic E-state index is 14.3. The molecule has 14 heteroatoms. The van der Waals surface area contributed by atoms with Gasteiger partial charge in [-0.15, -0.1) is 0 Å². The first-order valence-electron chi connectivity index (χ1n) is 10.6. The highest BCUT2D eigenvalue weighted by Crippen LogP contribution is 2.50. The van der Waals surface area contributed by atoms with Crippen molar-refractivity contribution in [3.63, 3.8) is 0 Å². The van der Waals surface area contributed by atoms with Crippen LogP contribution in [0.1, 0.15) is 27.6 Å². The second-order valence-electron chi connectivity index (χ2n) is 8.63. The molecule has 0 radical (unpaired) electrons. The number of ether oxygens (including phenoxy) is 1. The number of hydrogen-bond donors (Lipinski definition) is 0. The van der Waals surface area contributed by atoms with Crippen molar-refractivity contribution in [2.24, 2.45) is 0 Å². The first-order valence-corrected chi connectivity index (χ1v) is 11.0. The van der Waals surface area contributed by atoms with Crippen LogP contribution in [0, 0.1) is 0 Å². The number of nitrogens with zero attached hydrogens (tertiary/aromatic N) is 2. The van der Waals surface area contributed by atoms with Gasteiger partial charge in [0.15, 0.2) is 6.10 Å². The lowest BCUT2D eigenvalue weighted by Crippen LogP contribution is -2.36. The summed E-state index contributed by atoms with van der Waals surface area (Å²) in [6.07, 6.45) is -18.2. The molecule has 1 aromatic heterocycles. The number of carbonyl (C=O) groups is 1. The summed E-state index contributed by atoms with van der Waals surface area (Å²) >= 11 is 5.87. The molecule has 0 N–H and O–H groups in total. The highest BCUT2D eigenvalue weighted by Gasteiger charge is 2.47. The van der Waals surface area contributed by atoms with Gasteiger partial charge < -0.3 is 9.64 Å². The highest BCUT2D eigenvalue weighted by atomic mass is 35.5. The minimum absolute atomic E-state index is 0.106. The molecule has 1 aliphatic rings. The van der Waals surface area contributed by atoms with Crippen molar-refractivity contribution in [1.82, 2.24) is 4.98 Å². The van der Waals surface area contributed by atoms with Crippen LogP contribution in [0.3, 0.4) is 0 Å². The van der Waals surface area contributed by atoms with E-state index in [4.69, 9.17) is 16.3 Å². The molecule has 0 saturated heterocycles. The number of ketones is 1. The van der Waals surface area contributed by atoms with Crippen molar-refractivity contribution in [3.8, 4) is 0 Å². The van der Waals surface area contributed by atoms with Gasteiger partial charge in [-0.1, -0.05) is 23.7 Å². The third-order valence-electron chi connectivity index (χ3n) is 6.19. The second kappa shape index (κ2) is 8.34. The van der Waals surface area contributed by atoms with Gasteiger partial charge in [-0.05, 0) is 24.3 Å².